The molecule has 0 bridgehead atoms. The number of nitrogens with one attached hydrogen (secondary N) is 2. The summed E-state index contributed by atoms with van der Waals surface area (Å²) in [6, 6.07) is 4.46. The van der Waals surface area contributed by atoms with Crippen LogP contribution in [0.2, 0.25) is 0 Å². The molecule has 0 radical (unpaired) electrons. The van der Waals surface area contributed by atoms with E-state index in [0.717, 1.165) is 0 Å². The number of aromatic nitrogens is 4. The van der Waals surface area contributed by atoms with E-state index < -0.39 is 0 Å². The lowest BCUT2D eigenvalue weighted by Gasteiger charge is -2.08. The summed E-state index contributed by atoms with van der Waals surface area (Å²) in [5, 5.41) is 22.1. The summed E-state index contributed by atoms with van der Waals surface area (Å²) >= 11 is 0. The highest BCUT2D eigenvalue weighted by atomic mass is 16.3. The number of aryl methyl sites for hydroxylation is 1. The van der Waals surface area contributed by atoms with Gasteiger partial charge < -0.3 is 20.5 Å². The monoisotopic (exact) mass is 271 g/mol. The first kappa shape index (κ1) is 12.2. The van der Waals surface area contributed by atoms with Gasteiger partial charge in [0.05, 0.1) is 6.33 Å². The highest BCUT2D eigenvalue weighted by Crippen LogP contribution is 2.24. The van der Waals surface area contributed by atoms with Gasteiger partial charge in [-0.2, -0.15) is 0 Å². The minimum Gasteiger partial charge on any atom is -0.508 e. The molecule has 2 aromatic heterocycles. The molecule has 0 atom stereocenters. The number of H-pyrrole nitrogens is 1. The van der Waals surface area contributed by atoms with Crippen molar-refractivity contribution in [3.8, 4) is 11.5 Å². The fraction of sp³-hybridized carbons (Fsp3) is 0.154. The first-order valence-corrected chi connectivity index (χ1v) is 6.06. The topological polar surface area (TPSA) is 107 Å². The third-order valence-electron chi connectivity index (χ3n) is 2.91. The Morgan fingerprint density at radius 1 is 1.25 bits per heavy atom. The van der Waals surface area contributed by atoms with E-state index in [2.05, 4.69) is 25.3 Å². The Labute approximate surface area is 114 Å². The Morgan fingerprint density at radius 3 is 2.90 bits per heavy atom. The first-order valence-electron chi connectivity index (χ1n) is 6.06. The number of aromatic hydroxyl groups is 2. The average Bonchev–Trinajstić information content (AvgIpc) is 2.85. The number of rotatable bonds is 3. The number of imidazole rings is 1. The van der Waals surface area contributed by atoms with Gasteiger partial charge in [0.15, 0.2) is 11.5 Å². The summed E-state index contributed by atoms with van der Waals surface area (Å²) in [6.45, 7) is 2.16. The predicted octanol–water partition coefficient (Wildman–Crippen LogP) is 1.68. The predicted molar refractivity (Wildman–Crippen MR) is 73.5 cm³/mol. The Bertz CT molecular complexity index is 769. The van der Waals surface area contributed by atoms with Gasteiger partial charge in [-0.1, -0.05) is 0 Å². The molecule has 7 heteroatoms. The minimum absolute atomic E-state index is 0.0267. The van der Waals surface area contributed by atoms with Gasteiger partial charge in [-0.15, -0.1) is 0 Å². The molecule has 0 amide bonds. The van der Waals surface area contributed by atoms with Crippen molar-refractivity contribution >= 4 is 17.0 Å². The van der Waals surface area contributed by atoms with Crippen molar-refractivity contribution in [1.29, 1.82) is 0 Å². The molecule has 0 aliphatic rings. The van der Waals surface area contributed by atoms with E-state index in [0.29, 0.717) is 34.9 Å². The van der Waals surface area contributed by atoms with Crippen molar-refractivity contribution in [2.45, 2.75) is 13.5 Å². The van der Waals surface area contributed by atoms with Gasteiger partial charge in [0.25, 0.3) is 0 Å². The van der Waals surface area contributed by atoms with Gasteiger partial charge in [0.1, 0.15) is 22.8 Å². The maximum Gasteiger partial charge on any atom is 0.163 e. The Kier molecular flexibility index (Phi) is 2.86. The summed E-state index contributed by atoms with van der Waals surface area (Å²) in [5.74, 6) is 1.28. The van der Waals surface area contributed by atoms with E-state index in [1.807, 2.05) is 0 Å². The Morgan fingerprint density at radius 2 is 2.10 bits per heavy atom. The zero-order chi connectivity index (χ0) is 14.1. The van der Waals surface area contributed by atoms with Crippen molar-refractivity contribution in [2.24, 2.45) is 0 Å². The van der Waals surface area contributed by atoms with Crippen LogP contribution in [-0.2, 0) is 6.54 Å². The molecule has 20 heavy (non-hydrogen) atoms. The minimum atomic E-state index is 0.0267. The number of anilines is 1. The number of hydrogen-bond donors (Lipinski definition) is 4. The van der Waals surface area contributed by atoms with Crippen LogP contribution in [0.3, 0.4) is 0 Å². The number of fused-ring (bicyclic) bond motifs is 1. The molecule has 0 fully saturated rings. The summed E-state index contributed by atoms with van der Waals surface area (Å²) in [5.41, 5.74) is 1.96. The summed E-state index contributed by atoms with van der Waals surface area (Å²) in [7, 11) is 0. The number of nitrogens with zero attached hydrogens (tertiary/aromatic N) is 3. The molecular formula is C13H13N5O2. The normalized spacial score (nSPS) is 10.8. The van der Waals surface area contributed by atoms with Gasteiger partial charge >= 0.3 is 0 Å². The third-order valence-corrected chi connectivity index (χ3v) is 2.91. The quantitative estimate of drug-likeness (QED) is 0.577. The molecule has 0 unspecified atom stereocenters. The van der Waals surface area contributed by atoms with Crippen molar-refractivity contribution in [2.75, 3.05) is 5.32 Å². The lowest BCUT2D eigenvalue weighted by Crippen LogP contribution is -2.04. The highest BCUT2D eigenvalue weighted by molar-refractivity contribution is 5.82. The largest absolute Gasteiger partial charge is 0.508 e. The Balaban J connectivity index is 1.88. The van der Waals surface area contributed by atoms with Crippen LogP contribution in [0.1, 0.15) is 11.4 Å². The molecule has 3 rings (SSSR count). The number of phenols is 2. The van der Waals surface area contributed by atoms with Crippen LogP contribution in [-0.4, -0.2) is 30.1 Å². The van der Waals surface area contributed by atoms with Crippen LogP contribution in [0, 0.1) is 6.92 Å². The molecule has 3 aromatic rings. The zero-order valence-corrected chi connectivity index (χ0v) is 10.8. The van der Waals surface area contributed by atoms with Crippen LogP contribution in [0.5, 0.6) is 11.5 Å². The third kappa shape index (κ3) is 2.20. The maximum atomic E-state index is 9.74. The zero-order valence-electron chi connectivity index (χ0n) is 10.8. The maximum absolute atomic E-state index is 9.74. The molecular weight excluding hydrogens is 258 g/mol. The van der Waals surface area contributed by atoms with Gasteiger partial charge in [0.2, 0.25) is 0 Å². The highest BCUT2D eigenvalue weighted by Gasteiger charge is 2.09. The Hall–Kier alpha value is -2.83. The smallest absolute Gasteiger partial charge is 0.163 e. The lowest BCUT2D eigenvalue weighted by atomic mass is 10.2. The second kappa shape index (κ2) is 4.69. The van der Waals surface area contributed by atoms with E-state index in [1.165, 1.54) is 12.1 Å². The molecule has 1 aromatic carbocycles. The van der Waals surface area contributed by atoms with Gasteiger partial charge in [-0.05, 0) is 19.1 Å². The van der Waals surface area contributed by atoms with Gasteiger partial charge in [-0.25, -0.2) is 15.0 Å². The molecule has 2 heterocycles. The standard InChI is InChI=1S/C13H13N5O2/c1-7-17-12(11-13(18-7)16-6-15-11)14-5-8-2-3-9(19)4-10(8)20/h2-4,6,19-20H,5H2,1H3,(H2,14,15,16,17,18). The molecule has 0 spiro atoms. The summed E-state index contributed by atoms with van der Waals surface area (Å²) in [6.07, 6.45) is 1.56. The summed E-state index contributed by atoms with van der Waals surface area (Å²) in [4.78, 5) is 15.6. The molecule has 102 valence electrons. The van der Waals surface area contributed by atoms with Gasteiger partial charge in [0, 0.05) is 18.2 Å². The molecule has 0 aliphatic heterocycles. The number of phenolic OH excluding ortho intramolecular Hbond substituents is 2. The summed E-state index contributed by atoms with van der Waals surface area (Å²) < 4.78 is 0. The second-order valence-electron chi connectivity index (χ2n) is 4.39. The van der Waals surface area contributed by atoms with Gasteiger partial charge in [-0.3, -0.25) is 0 Å². The van der Waals surface area contributed by atoms with E-state index in [-0.39, 0.29) is 11.5 Å². The average molecular weight is 271 g/mol. The molecule has 0 saturated carbocycles. The van der Waals surface area contributed by atoms with Crippen LogP contribution < -0.4 is 5.32 Å². The van der Waals surface area contributed by atoms with Crippen LogP contribution in [0.25, 0.3) is 11.2 Å². The van der Waals surface area contributed by atoms with Crippen molar-refractivity contribution in [3.63, 3.8) is 0 Å². The SMILES string of the molecule is Cc1nc(NCc2ccc(O)cc2O)c2nc[nH]c2n1. The van der Waals surface area contributed by atoms with Crippen LogP contribution in [0.15, 0.2) is 24.5 Å². The van der Waals surface area contributed by atoms with E-state index in [9.17, 15) is 10.2 Å². The molecule has 0 aliphatic carbocycles. The number of hydrogen-bond acceptors (Lipinski definition) is 6. The van der Waals surface area contributed by atoms with E-state index in [4.69, 9.17) is 0 Å². The first-order chi connectivity index (χ1) is 9.63. The second-order valence-corrected chi connectivity index (χ2v) is 4.39. The van der Waals surface area contributed by atoms with Crippen LogP contribution in [0.4, 0.5) is 5.82 Å². The fourth-order valence-corrected chi connectivity index (χ4v) is 1.95. The molecule has 0 saturated heterocycles. The van der Waals surface area contributed by atoms with Crippen molar-refractivity contribution in [1.82, 2.24) is 19.9 Å². The fourth-order valence-electron chi connectivity index (χ4n) is 1.95. The molecule has 4 N–H and O–H groups in total. The lowest BCUT2D eigenvalue weighted by molar-refractivity contribution is 0.446. The van der Waals surface area contributed by atoms with Crippen molar-refractivity contribution in [3.05, 3.63) is 35.9 Å². The number of benzene rings is 1. The molecule has 7 nitrogen and oxygen atoms in total. The van der Waals surface area contributed by atoms with E-state index >= 15 is 0 Å². The van der Waals surface area contributed by atoms with Crippen molar-refractivity contribution < 1.29 is 10.2 Å². The van der Waals surface area contributed by atoms with E-state index in [1.54, 1.807) is 19.3 Å². The number of aromatic amines is 1. The van der Waals surface area contributed by atoms with Crippen LogP contribution >= 0.6 is 0 Å².